The number of aliphatic hydroxyl groups is 2. The lowest BCUT2D eigenvalue weighted by Gasteiger charge is -2.35. The second-order valence-electron chi connectivity index (χ2n) is 5.45. The second-order valence-corrected chi connectivity index (χ2v) is 5.45. The molecule has 2 N–H and O–H groups in total. The molecule has 0 fully saturated rings. The molecule has 2 nitrogen and oxygen atoms in total. The molecule has 0 saturated heterocycles. The average Bonchev–Trinajstić information content (AvgIpc) is 2.47. The van der Waals surface area contributed by atoms with E-state index in [1.807, 2.05) is 74.5 Å². The van der Waals surface area contributed by atoms with E-state index in [-0.39, 0.29) is 0 Å². The van der Waals surface area contributed by atoms with Gasteiger partial charge in [0.1, 0.15) is 0 Å². The predicted octanol–water partition coefficient (Wildman–Crippen LogP) is 3.48. The van der Waals surface area contributed by atoms with Crippen molar-refractivity contribution >= 4 is 0 Å². The van der Waals surface area contributed by atoms with Gasteiger partial charge in [-0.3, -0.25) is 0 Å². The third kappa shape index (κ3) is 2.86. The summed E-state index contributed by atoms with van der Waals surface area (Å²) in [5.41, 5.74) is 0.980. The average molecular weight is 256 g/mol. The number of hydrogen-bond acceptors (Lipinski definition) is 2. The Bertz CT molecular complexity index is 458. The van der Waals surface area contributed by atoms with Crippen LogP contribution in [0.4, 0.5) is 0 Å². The zero-order chi connectivity index (χ0) is 13.9. The van der Waals surface area contributed by atoms with Crippen molar-refractivity contribution in [2.24, 2.45) is 5.41 Å². The normalized spacial score (nSPS) is 14.9. The van der Waals surface area contributed by atoms with E-state index in [0.29, 0.717) is 0 Å². The molecule has 2 heteroatoms. The molecule has 0 radical (unpaired) electrons. The smallest absolute Gasteiger partial charge is 0.0869 e. The lowest BCUT2D eigenvalue weighted by molar-refractivity contribution is -0.0512. The molecule has 0 aliphatic heterocycles. The number of aliphatic hydroxyl groups excluding tert-OH is 2. The summed E-state index contributed by atoms with van der Waals surface area (Å²) in [6.45, 7) is 3.75. The number of hydrogen-bond donors (Lipinski definition) is 2. The quantitative estimate of drug-likeness (QED) is 0.879. The SMILES string of the molecule is CC(C)(C(O)c1ccccc1)C(O)c1ccccc1. The summed E-state index contributed by atoms with van der Waals surface area (Å²) < 4.78 is 0. The van der Waals surface area contributed by atoms with Crippen molar-refractivity contribution in [2.75, 3.05) is 0 Å². The standard InChI is InChI=1S/C17H20O2/c1-17(2,15(18)13-9-5-3-6-10-13)16(19)14-11-7-4-8-12-14/h3-12,15-16,18-19H,1-2H3. The second kappa shape index (κ2) is 5.55. The summed E-state index contributed by atoms with van der Waals surface area (Å²) >= 11 is 0. The van der Waals surface area contributed by atoms with E-state index in [9.17, 15) is 10.2 Å². The molecular formula is C17H20O2. The van der Waals surface area contributed by atoms with E-state index in [2.05, 4.69) is 0 Å². The van der Waals surface area contributed by atoms with E-state index in [1.165, 1.54) is 0 Å². The Morgan fingerprint density at radius 3 is 1.32 bits per heavy atom. The monoisotopic (exact) mass is 256 g/mol. The van der Waals surface area contributed by atoms with E-state index >= 15 is 0 Å². The predicted molar refractivity (Wildman–Crippen MR) is 76.6 cm³/mol. The third-order valence-electron chi connectivity index (χ3n) is 3.64. The van der Waals surface area contributed by atoms with Crippen LogP contribution in [0.5, 0.6) is 0 Å². The molecule has 100 valence electrons. The first-order chi connectivity index (χ1) is 9.03. The lowest BCUT2D eigenvalue weighted by atomic mass is 9.75. The number of rotatable bonds is 4. The first-order valence-corrected chi connectivity index (χ1v) is 6.49. The van der Waals surface area contributed by atoms with Crippen LogP contribution < -0.4 is 0 Å². The van der Waals surface area contributed by atoms with Gasteiger partial charge in [-0.2, -0.15) is 0 Å². The fraction of sp³-hybridized carbons (Fsp3) is 0.294. The Kier molecular flexibility index (Phi) is 4.03. The van der Waals surface area contributed by atoms with Crippen LogP contribution in [-0.2, 0) is 0 Å². The summed E-state index contributed by atoms with van der Waals surface area (Å²) in [7, 11) is 0. The van der Waals surface area contributed by atoms with Crippen LogP contribution in [0, 0.1) is 5.41 Å². The summed E-state index contributed by atoms with van der Waals surface area (Å²) in [6, 6.07) is 18.9. The highest BCUT2D eigenvalue weighted by atomic mass is 16.3. The van der Waals surface area contributed by atoms with E-state index in [4.69, 9.17) is 0 Å². The Labute approximate surface area is 114 Å². The van der Waals surface area contributed by atoms with Gasteiger partial charge >= 0.3 is 0 Å². The fourth-order valence-corrected chi connectivity index (χ4v) is 2.28. The third-order valence-corrected chi connectivity index (χ3v) is 3.64. The van der Waals surface area contributed by atoms with Crippen LogP contribution in [0.25, 0.3) is 0 Å². The molecular weight excluding hydrogens is 236 g/mol. The molecule has 2 unspecified atom stereocenters. The Balaban J connectivity index is 2.27. The topological polar surface area (TPSA) is 40.5 Å². The molecule has 2 aromatic rings. The van der Waals surface area contributed by atoms with Crippen LogP contribution in [-0.4, -0.2) is 10.2 Å². The van der Waals surface area contributed by atoms with Gasteiger partial charge in [-0.15, -0.1) is 0 Å². The van der Waals surface area contributed by atoms with Gasteiger partial charge in [0.2, 0.25) is 0 Å². The first-order valence-electron chi connectivity index (χ1n) is 6.49. The van der Waals surface area contributed by atoms with Crippen molar-refractivity contribution in [3.63, 3.8) is 0 Å². The minimum Gasteiger partial charge on any atom is -0.388 e. The molecule has 2 aromatic carbocycles. The molecule has 0 spiro atoms. The van der Waals surface area contributed by atoms with Crippen LogP contribution in [0.1, 0.15) is 37.2 Å². The van der Waals surface area contributed by atoms with Gasteiger partial charge in [-0.1, -0.05) is 74.5 Å². The summed E-state index contributed by atoms with van der Waals surface area (Å²) in [5.74, 6) is 0. The zero-order valence-electron chi connectivity index (χ0n) is 11.3. The van der Waals surface area contributed by atoms with Gasteiger partial charge in [-0.05, 0) is 11.1 Å². The molecule has 0 bridgehead atoms. The molecule has 2 rings (SSSR count). The molecule has 0 amide bonds. The minimum atomic E-state index is -0.719. The maximum Gasteiger partial charge on any atom is 0.0869 e. The van der Waals surface area contributed by atoms with E-state index in [1.54, 1.807) is 0 Å². The van der Waals surface area contributed by atoms with Crippen molar-refractivity contribution in [3.05, 3.63) is 71.8 Å². The van der Waals surface area contributed by atoms with Gasteiger partial charge in [0, 0.05) is 5.41 Å². The Hall–Kier alpha value is -1.64. The highest BCUT2D eigenvalue weighted by molar-refractivity contribution is 5.24. The van der Waals surface area contributed by atoms with Crippen LogP contribution in [0.3, 0.4) is 0 Å². The number of benzene rings is 2. The van der Waals surface area contributed by atoms with Crippen molar-refractivity contribution < 1.29 is 10.2 Å². The highest BCUT2D eigenvalue weighted by Crippen LogP contribution is 2.43. The van der Waals surface area contributed by atoms with E-state index < -0.39 is 17.6 Å². The van der Waals surface area contributed by atoms with Gasteiger partial charge in [0.05, 0.1) is 12.2 Å². The zero-order valence-corrected chi connectivity index (χ0v) is 11.3. The maximum atomic E-state index is 10.5. The highest BCUT2D eigenvalue weighted by Gasteiger charge is 2.37. The van der Waals surface area contributed by atoms with Crippen molar-refractivity contribution in [2.45, 2.75) is 26.1 Å². The molecule has 2 atom stereocenters. The van der Waals surface area contributed by atoms with Crippen molar-refractivity contribution in [3.8, 4) is 0 Å². The summed E-state index contributed by atoms with van der Waals surface area (Å²) in [6.07, 6.45) is -1.44. The van der Waals surface area contributed by atoms with Gasteiger partial charge < -0.3 is 10.2 Å². The fourth-order valence-electron chi connectivity index (χ4n) is 2.28. The van der Waals surface area contributed by atoms with Gasteiger partial charge in [0.25, 0.3) is 0 Å². The summed E-state index contributed by atoms with van der Waals surface area (Å²) in [4.78, 5) is 0. The minimum absolute atomic E-state index is 0.664. The lowest BCUT2D eigenvalue weighted by Crippen LogP contribution is -2.29. The maximum absolute atomic E-state index is 10.5. The molecule has 0 aromatic heterocycles. The van der Waals surface area contributed by atoms with Crippen LogP contribution in [0.15, 0.2) is 60.7 Å². The molecule has 0 heterocycles. The first kappa shape index (κ1) is 13.8. The van der Waals surface area contributed by atoms with Crippen molar-refractivity contribution in [1.29, 1.82) is 0 Å². The molecule has 0 aliphatic carbocycles. The van der Waals surface area contributed by atoms with Crippen LogP contribution >= 0.6 is 0 Å². The Morgan fingerprint density at radius 1 is 0.684 bits per heavy atom. The van der Waals surface area contributed by atoms with Crippen LogP contribution in [0.2, 0.25) is 0 Å². The Morgan fingerprint density at radius 2 is 1.00 bits per heavy atom. The molecule has 0 aliphatic rings. The largest absolute Gasteiger partial charge is 0.388 e. The van der Waals surface area contributed by atoms with E-state index in [0.717, 1.165) is 11.1 Å². The summed E-state index contributed by atoms with van der Waals surface area (Å²) in [5, 5.41) is 21.0. The van der Waals surface area contributed by atoms with Crippen molar-refractivity contribution in [1.82, 2.24) is 0 Å². The molecule has 0 saturated carbocycles. The van der Waals surface area contributed by atoms with Gasteiger partial charge in [-0.25, -0.2) is 0 Å². The van der Waals surface area contributed by atoms with Gasteiger partial charge in [0.15, 0.2) is 0 Å². The molecule has 19 heavy (non-hydrogen) atoms.